The summed E-state index contributed by atoms with van der Waals surface area (Å²) in [4.78, 5) is 4.20. The maximum atomic E-state index is 5.58. The molecule has 3 nitrogen and oxygen atoms in total. The van der Waals surface area contributed by atoms with Gasteiger partial charge in [0.2, 0.25) is 0 Å². The molecule has 2 rings (SSSR count). The van der Waals surface area contributed by atoms with Gasteiger partial charge >= 0.3 is 0 Å². The van der Waals surface area contributed by atoms with Gasteiger partial charge in [-0.15, -0.1) is 0 Å². The third kappa shape index (κ3) is 3.21. The average molecular weight is 227 g/mol. The van der Waals surface area contributed by atoms with Gasteiger partial charge in [-0.1, -0.05) is 24.3 Å². The first-order valence-electron chi connectivity index (χ1n) is 5.75. The fraction of sp³-hybridized carbons (Fsp3) is 0.214. The van der Waals surface area contributed by atoms with E-state index in [0.29, 0.717) is 5.69 Å². The van der Waals surface area contributed by atoms with Crippen LogP contribution in [0.25, 0.3) is 0 Å². The van der Waals surface area contributed by atoms with Crippen LogP contribution in [0.15, 0.2) is 42.6 Å². The monoisotopic (exact) mass is 227 g/mol. The van der Waals surface area contributed by atoms with Crippen LogP contribution in [0.4, 0.5) is 11.5 Å². The van der Waals surface area contributed by atoms with Crippen LogP contribution in [0.5, 0.6) is 0 Å². The number of aryl methyl sites for hydroxylation is 1. The minimum absolute atomic E-state index is 0.689. The van der Waals surface area contributed by atoms with Crippen molar-refractivity contribution in [1.29, 1.82) is 0 Å². The molecule has 0 bridgehead atoms. The minimum Gasteiger partial charge on any atom is -0.397 e. The molecular weight excluding hydrogens is 210 g/mol. The van der Waals surface area contributed by atoms with E-state index in [9.17, 15) is 0 Å². The molecule has 1 aromatic heterocycles. The first-order valence-corrected chi connectivity index (χ1v) is 5.75. The Hall–Kier alpha value is -2.03. The summed E-state index contributed by atoms with van der Waals surface area (Å²) in [6, 6.07) is 12.2. The van der Waals surface area contributed by atoms with Gasteiger partial charge in [-0.2, -0.15) is 0 Å². The van der Waals surface area contributed by atoms with Crippen LogP contribution < -0.4 is 11.1 Å². The van der Waals surface area contributed by atoms with Crippen molar-refractivity contribution in [3.63, 3.8) is 0 Å². The quantitative estimate of drug-likeness (QED) is 0.844. The lowest BCUT2D eigenvalue weighted by Crippen LogP contribution is -2.07. The zero-order valence-electron chi connectivity index (χ0n) is 9.98. The van der Waals surface area contributed by atoms with Gasteiger partial charge in [-0.25, -0.2) is 4.98 Å². The van der Waals surface area contributed by atoms with Crippen molar-refractivity contribution < 1.29 is 0 Å². The Labute approximate surface area is 102 Å². The minimum atomic E-state index is 0.689. The summed E-state index contributed by atoms with van der Waals surface area (Å²) in [5.41, 5.74) is 8.97. The molecule has 3 N–H and O–H groups in total. The summed E-state index contributed by atoms with van der Waals surface area (Å²) in [6.07, 6.45) is 2.66. The molecular formula is C14H17N3. The second-order valence-electron chi connectivity index (χ2n) is 4.08. The summed E-state index contributed by atoms with van der Waals surface area (Å²) >= 11 is 0. The zero-order chi connectivity index (χ0) is 12.1. The molecule has 0 saturated heterocycles. The molecule has 0 saturated carbocycles. The molecule has 0 radical (unpaired) electrons. The number of aromatic nitrogens is 1. The van der Waals surface area contributed by atoms with Crippen LogP contribution in [-0.4, -0.2) is 11.5 Å². The number of hydrogen-bond acceptors (Lipinski definition) is 3. The van der Waals surface area contributed by atoms with E-state index >= 15 is 0 Å². The van der Waals surface area contributed by atoms with Crippen molar-refractivity contribution in [2.24, 2.45) is 0 Å². The Bertz CT molecular complexity index is 477. The molecule has 0 atom stereocenters. The highest BCUT2D eigenvalue weighted by Gasteiger charge is 1.97. The largest absolute Gasteiger partial charge is 0.397 e. The highest BCUT2D eigenvalue weighted by atomic mass is 15.0. The third-order valence-corrected chi connectivity index (χ3v) is 2.75. The van der Waals surface area contributed by atoms with Crippen molar-refractivity contribution >= 4 is 11.5 Å². The number of nitrogens with zero attached hydrogens (tertiary/aromatic N) is 1. The lowest BCUT2D eigenvalue weighted by Gasteiger charge is -2.07. The second kappa shape index (κ2) is 5.34. The van der Waals surface area contributed by atoms with Crippen LogP contribution in [0, 0.1) is 6.92 Å². The summed E-state index contributed by atoms with van der Waals surface area (Å²) in [7, 11) is 0. The lowest BCUT2D eigenvalue weighted by atomic mass is 10.1. The fourth-order valence-electron chi connectivity index (χ4n) is 1.73. The molecule has 0 aliphatic heterocycles. The van der Waals surface area contributed by atoms with Crippen LogP contribution in [0.2, 0.25) is 0 Å². The normalized spacial score (nSPS) is 10.2. The topological polar surface area (TPSA) is 50.9 Å². The Morgan fingerprint density at radius 3 is 2.71 bits per heavy atom. The lowest BCUT2D eigenvalue weighted by molar-refractivity contribution is 0.994. The van der Waals surface area contributed by atoms with Gasteiger partial charge in [0.05, 0.1) is 11.9 Å². The number of hydrogen-bond donors (Lipinski definition) is 2. The van der Waals surface area contributed by atoms with E-state index < -0.39 is 0 Å². The molecule has 0 amide bonds. The predicted octanol–water partition coefficient (Wildman–Crippen LogP) is 2.63. The Morgan fingerprint density at radius 1 is 1.18 bits per heavy atom. The number of rotatable bonds is 4. The molecule has 0 aliphatic carbocycles. The number of nitrogen functional groups attached to an aromatic ring is 1. The summed E-state index contributed by atoms with van der Waals surface area (Å²) in [5, 5.41) is 3.28. The highest BCUT2D eigenvalue weighted by Crippen LogP contribution is 2.09. The van der Waals surface area contributed by atoms with Crippen molar-refractivity contribution in [3.8, 4) is 0 Å². The Kier molecular flexibility index (Phi) is 3.60. The van der Waals surface area contributed by atoms with Crippen LogP contribution >= 0.6 is 0 Å². The van der Waals surface area contributed by atoms with E-state index in [1.54, 1.807) is 6.20 Å². The van der Waals surface area contributed by atoms with Crippen molar-refractivity contribution in [2.45, 2.75) is 13.3 Å². The molecule has 3 heteroatoms. The highest BCUT2D eigenvalue weighted by molar-refractivity contribution is 5.43. The standard InChI is InChI=1S/C14H17N3/c1-11-4-2-3-5-12(11)8-9-16-14-7-6-13(15)10-17-14/h2-7,10H,8-9,15H2,1H3,(H,16,17). The number of nitrogens with two attached hydrogens (primary N) is 1. The van der Waals surface area contributed by atoms with Crippen LogP contribution in [0.1, 0.15) is 11.1 Å². The number of benzene rings is 1. The average Bonchev–Trinajstić information content (AvgIpc) is 2.34. The number of pyridine rings is 1. The van der Waals surface area contributed by atoms with Crippen molar-refractivity contribution in [3.05, 3.63) is 53.7 Å². The number of anilines is 2. The predicted molar refractivity (Wildman–Crippen MR) is 72.0 cm³/mol. The molecule has 0 unspecified atom stereocenters. The van der Waals surface area contributed by atoms with Gasteiger partial charge in [0.15, 0.2) is 0 Å². The van der Waals surface area contributed by atoms with E-state index in [1.807, 2.05) is 12.1 Å². The molecule has 0 fully saturated rings. The SMILES string of the molecule is Cc1ccccc1CCNc1ccc(N)cn1. The van der Waals surface area contributed by atoms with E-state index in [0.717, 1.165) is 18.8 Å². The van der Waals surface area contributed by atoms with Crippen molar-refractivity contribution in [2.75, 3.05) is 17.6 Å². The smallest absolute Gasteiger partial charge is 0.126 e. The molecule has 88 valence electrons. The van der Waals surface area contributed by atoms with Gasteiger partial charge in [-0.05, 0) is 36.6 Å². The summed E-state index contributed by atoms with van der Waals surface area (Å²) in [6.45, 7) is 3.01. The molecule has 1 aromatic carbocycles. The maximum absolute atomic E-state index is 5.58. The summed E-state index contributed by atoms with van der Waals surface area (Å²) < 4.78 is 0. The first kappa shape index (κ1) is 11.5. The van der Waals surface area contributed by atoms with Crippen molar-refractivity contribution in [1.82, 2.24) is 4.98 Å². The van der Waals surface area contributed by atoms with E-state index in [2.05, 4.69) is 41.5 Å². The van der Waals surface area contributed by atoms with E-state index in [-0.39, 0.29) is 0 Å². The maximum Gasteiger partial charge on any atom is 0.126 e. The van der Waals surface area contributed by atoms with E-state index in [1.165, 1.54) is 11.1 Å². The first-order chi connectivity index (χ1) is 8.25. The van der Waals surface area contributed by atoms with E-state index in [4.69, 9.17) is 5.73 Å². The van der Waals surface area contributed by atoms with Gasteiger partial charge < -0.3 is 11.1 Å². The van der Waals surface area contributed by atoms with Gasteiger partial charge in [0, 0.05) is 6.54 Å². The van der Waals surface area contributed by atoms with Crippen LogP contribution in [0.3, 0.4) is 0 Å². The second-order valence-corrected chi connectivity index (χ2v) is 4.08. The van der Waals surface area contributed by atoms with Gasteiger partial charge in [0.25, 0.3) is 0 Å². The molecule has 1 heterocycles. The Morgan fingerprint density at radius 2 is 2.00 bits per heavy atom. The van der Waals surface area contributed by atoms with Gasteiger partial charge in [-0.3, -0.25) is 0 Å². The fourth-order valence-corrected chi connectivity index (χ4v) is 1.73. The Balaban J connectivity index is 1.88. The number of nitrogens with one attached hydrogen (secondary N) is 1. The molecule has 17 heavy (non-hydrogen) atoms. The molecule has 0 aliphatic rings. The third-order valence-electron chi connectivity index (χ3n) is 2.75. The molecule has 2 aromatic rings. The summed E-state index contributed by atoms with van der Waals surface area (Å²) in [5.74, 6) is 0.868. The van der Waals surface area contributed by atoms with Gasteiger partial charge in [0.1, 0.15) is 5.82 Å². The zero-order valence-corrected chi connectivity index (χ0v) is 9.98. The van der Waals surface area contributed by atoms with Crippen LogP contribution in [-0.2, 0) is 6.42 Å². The molecule has 0 spiro atoms.